The molecule has 0 saturated heterocycles. The molecule has 3 aromatic rings. The first-order chi connectivity index (χ1) is 12.1. The van der Waals surface area contributed by atoms with Gasteiger partial charge in [0.15, 0.2) is 0 Å². The minimum Gasteiger partial charge on any atom is -0.478 e. The molecule has 0 spiro atoms. The number of fused-ring (bicyclic) bond motifs is 1. The SMILES string of the molecule is O=C(O)c1ccc2c(c1)CCN2C(=O)c1cnn(-c2ccccc2)c1. The van der Waals surface area contributed by atoms with Gasteiger partial charge >= 0.3 is 5.97 Å². The van der Waals surface area contributed by atoms with Crippen LogP contribution in [0, 0.1) is 0 Å². The molecule has 0 unspecified atom stereocenters. The predicted molar refractivity (Wildman–Crippen MR) is 92.3 cm³/mol. The first-order valence-corrected chi connectivity index (χ1v) is 7.91. The van der Waals surface area contributed by atoms with Gasteiger partial charge < -0.3 is 10.0 Å². The number of hydrogen-bond donors (Lipinski definition) is 1. The zero-order valence-corrected chi connectivity index (χ0v) is 13.3. The second-order valence-corrected chi connectivity index (χ2v) is 5.86. The quantitative estimate of drug-likeness (QED) is 0.800. The standard InChI is InChI=1S/C19H15N3O3/c23-18(15-11-20-22(12-15)16-4-2-1-3-5-16)21-9-8-13-10-14(19(24)25)6-7-17(13)21/h1-7,10-12H,8-9H2,(H,24,25). The number of aromatic nitrogens is 2. The molecule has 0 fully saturated rings. The molecule has 0 atom stereocenters. The Morgan fingerprint density at radius 2 is 1.84 bits per heavy atom. The Labute approximate surface area is 143 Å². The van der Waals surface area contributed by atoms with E-state index in [1.54, 1.807) is 34.1 Å². The van der Waals surface area contributed by atoms with Crippen molar-refractivity contribution >= 4 is 17.6 Å². The van der Waals surface area contributed by atoms with E-state index in [4.69, 9.17) is 5.11 Å². The van der Waals surface area contributed by atoms with Gasteiger partial charge in [-0.25, -0.2) is 9.48 Å². The summed E-state index contributed by atoms with van der Waals surface area (Å²) in [6, 6.07) is 14.4. The summed E-state index contributed by atoms with van der Waals surface area (Å²) in [4.78, 5) is 25.6. The van der Waals surface area contributed by atoms with Crippen molar-refractivity contribution in [2.24, 2.45) is 0 Å². The number of hydrogen-bond acceptors (Lipinski definition) is 3. The van der Waals surface area contributed by atoms with E-state index in [0.717, 1.165) is 16.9 Å². The Balaban J connectivity index is 1.62. The number of carboxylic acid groups (broad SMARTS) is 1. The van der Waals surface area contributed by atoms with Crippen molar-refractivity contribution in [3.63, 3.8) is 0 Å². The summed E-state index contributed by atoms with van der Waals surface area (Å²) in [6.07, 6.45) is 3.91. The van der Waals surface area contributed by atoms with Crippen LogP contribution in [-0.2, 0) is 6.42 Å². The summed E-state index contributed by atoms with van der Waals surface area (Å²) in [6.45, 7) is 0.535. The third-order valence-corrected chi connectivity index (χ3v) is 4.32. The normalized spacial score (nSPS) is 12.9. The summed E-state index contributed by atoms with van der Waals surface area (Å²) in [7, 11) is 0. The number of carboxylic acids is 1. The van der Waals surface area contributed by atoms with Crippen molar-refractivity contribution in [3.05, 3.63) is 77.6 Å². The van der Waals surface area contributed by atoms with Crippen LogP contribution >= 0.6 is 0 Å². The molecule has 0 radical (unpaired) electrons. The maximum Gasteiger partial charge on any atom is 0.335 e. The van der Waals surface area contributed by atoms with Crippen LogP contribution in [0.5, 0.6) is 0 Å². The van der Waals surface area contributed by atoms with Gasteiger partial charge in [-0.15, -0.1) is 0 Å². The first kappa shape index (κ1) is 15.1. The van der Waals surface area contributed by atoms with E-state index in [9.17, 15) is 9.59 Å². The van der Waals surface area contributed by atoms with Crippen molar-refractivity contribution < 1.29 is 14.7 Å². The molecule has 0 saturated carbocycles. The lowest BCUT2D eigenvalue weighted by Crippen LogP contribution is -2.28. The number of carbonyl (C=O) groups excluding carboxylic acids is 1. The molecule has 124 valence electrons. The summed E-state index contributed by atoms with van der Waals surface area (Å²) in [5.74, 6) is -1.10. The van der Waals surface area contributed by atoms with E-state index in [2.05, 4.69) is 5.10 Å². The minimum absolute atomic E-state index is 0.135. The van der Waals surface area contributed by atoms with E-state index >= 15 is 0 Å². The van der Waals surface area contributed by atoms with Gasteiger partial charge in [0.2, 0.25) is 0 Å². The fourth-order valence-electron chi connectivity index (χ4n) is 3.06. The number of carbonyl (C=O) groups is 2. The Bertz CT molecular complexity index is 963. The number of rotatable bonds is 3. The van der Waals surface area contributed by atoms with E-state index in [1.165, 1.54) is 6.07 Å². The summed E-state index contributed by atoms with van der Waals surface area (Å²) in [5, 5.41) is 13.4. The highest BCUT2D eigenvalue weighted by Gasteiger charge is 2.27. The van der Waals surface area contributed by atoms with Crippen LogP contribution in [-0.4, -0.2) is 33.3 Å². The fraction of sp³-hybridized carbons (Fsp3) is 0.105. The summed E-state index contributed by atoms with van der Waals surface area (Å²) >= 11 is 0. The molecule has 2 heterocycles. The third-order valence-electron chi connectivity index (χ3n) is 4.32. The largest absolute Gasteiger partial charge is 0.478 e. The molecule has 4 rings (SSSR count). The average Bonchev–Trinajstić information content (AvgIpc) is 3.28. The van der Waals surface area contributed by atoms with Gasteiger partial charge in [-0.05, 0) is 42.3 Å². The maximum absolute atomic E-state index is 12.8. The fourth-order valence-corrected chi connectivity index (χ4v) is 3.06. The van der Waals surface area contributed by atoms with Crippen molar-refractivity contribution in [1.82, 2.24) is 9.78 Å². The van der Waals surface area contributed by atoms with Crippen molar-refractivity contribution in [3.8, 4) is 5.69 Å². The monoisotopic (exact) mass is 333 g/mol. The molecule has 1 aromatic heterocycles. The van der Waals surface area contributed by atoms with E-state index in [0.29, 0.717) is 18.5 Å². The van der Waals surface area contributed by atoms with Gasteiger partial charge in [0.1, 0.15) is 0 Å². The van der Waals surface area contributed by atoms with E-state index in [-0.39, 0.29) is 11.5 Å². The van der Waals surface area contributed by atoms with Crippen LogP contribution in [0.1, 0.15) is 26.3 Å². The Morgan fingerprint density at radius 1 is 1.04 bits per heavy atom. The lowest BCUT2D eigenvalue weighted by molar-refractivity contribution is 0.0696. The van der Waals surface area contributed by atoms with Gasteiger partial charge in [-0.2, -0.15) is 5.10 Å². The smallest absolute Gasteiger partial charge is 0.335 e. The zero-order chi connectivity index (χ0) is 17.4. The van der Waals surface area contributed by atoms with E-state index in [1.807, 2.05) is 30.3 Å². The van der Waals surface area contributed by atoms with Crippen LogP contribution in [0.2, 0.25) is 0 Å². The van der Waals surface area contributed by atoms with Crippen LogP contribution in [0.15, 0.2) is 60.9 Å². The Kier molecular flexibility index (Phi) is 3.57. The highest BCUT2D eigenvalue weighted by atomic mass is 16.4. The molecule has 6 nitrogen and oxygen atoms in total. The van der Waals surface area contributed by atoms with Crippen molar-refractivity contribution in [2.45, 2.75) is 6.42 Å². The number of amides is 1. The van der Waals surface area contributed by atoms with Crippen LogP contribution < -0.4 is 4.90 Å². The number of benzene rings is 2. The van der Waals surface area contributed by atoms with Gasteiger partial charge in [0.25, 0.3) is 5.91 Å². The predicted octanol–water partition coefficient (Wildman–Crippen LogP) is 2.77. The van der Waals surface area contributed by atoms with Crippen LogP contribution in [0.3, 0.4) is 0 Å². The molecule has 1 aliphatic rings. The number of anilines is 1. The Morgan fingerprint density at radius 3 is 2.60 bits per heavy atom. The minimum atomic E-state index is -0.961. The Hall–Kier alpha value is -3.41. The van der Waals surface area contributed by atoms with Crippen LogP contribution in [0.4, 0.5) is 5.69 Å². The number of nitrogens with zero attached hydrogens (tertiary/aromatic N) is 3. The average molecular weight is 333 g/mol. The van der Waals surface area contributed by atoms with Crippen molar-refractivity contribution in [1.29, 1.82) is 0 Å². The number of para-hydroxylation sites is 1. The molecule has 1 N–H and O–H groups in total. The molecule has 1 aliphatic heterocycles. The third kappa shape index (κ3) is 2.67. The lowest BCUT2D eigenvalue weighted by atomic mass is 10.1. The molecule has 0 aliphatic carbocycles. The van der Waals surface area contributed by atoms with E-state index < -0.39 is 5.97 Å². The second kappa shape index (κ2) is 5.90. The highest BCUT2D eigenvalue weighted by Crippen LogP contribution is 2.30. The van der Waals surface area contributed by atoms with Gasteiger partial charge in [0, 0.05) is 18.4 Å². The van der Waals surface area contributed by atoms with Gasteiger partial charge in [-0.3, -0.25) is 4.79 Å². The summed E-state index contributed by atoms with van der Waals surface area (Å²) < 4.78 is 1.66. The van der Waals surface area contributed by atoms with Crippen molar-refractivity contribution in [2.75, 3.05) is 11.4 Å². The van der Waals surface area contributed by atoms with Gasteiger partial charge in [-0.1, -0.05) is 18.2 Å². The molecule has 6 heteroatoms. The molecule has 2 aromatic carbocycles. The zero-order valence-electron chi connectivity index (χ0n) is 13.3. The van der Waals surface area contributed by atoms with Crippen LogP contribution in [0.25, 0.3) is 5.69 Å². The maximum atomic E-state index is 12.8. The summed E-state index contributed by atoms with van der Waals surface area (Å²) in [5.41, 5.74) is 3.27. The van der Waals surface area contributed by atoms with Gasteiger partial charge in [0.05, 0.1) is 23.0 Å². The molecular formula is C19H15N3O3. The first-order valence-electron chi connectivity index (χ1n) is 7.91. The molecular weight excluding hydrogens is 318 g/mol. The second-order valence-electron chi connectivity index (χ2n) is 5.86. The molecule has 0 bridgehead atoms. The highest BCUT2D eigenvalue weighted by molar-refractivity contribution is 6.07. The molecule has 1 amide bonds. The number of aromatic carboxylic acids is 1. The molecule has 25 heavy (non-hydrogen) atoms. The topological polar surface area (TPSA) is 75.4 Å². The lowest BCUT2D eigenvalue weighted by Gasteiger charge is -2.16.